The molecule has 0 heterocycles. The van der Waals surface area contributed by atoms with Crippen LogP contribution in [0.25, 0.3) is 0 Å². The van der Waals surface area contributed by atoms with Crippen molar-refractivity contribution in [3.63, 3.8) is 0 Å². The first-order valence-corrected chi connectivity index (χ1v) is 5.45. The molecule has 0 saturated carbocycles. The van der Waals surface area contributed by atoms with Crippen LogP contribution in [0.15, 0.2) is 30.3 Å². The van der Waals surface area contributed by atoms with Crippen molar-refractivity contribution in [3.05, 3.63) is 35.9 Å². The maximum atomic E-state index is 11.4. The van der Waals surface area contributed by atoms with Gasteiger partial charge in [-0.1, -0.05) is 43.7 Å². The van der Waals surface area contributed by atoms with Crippen molar-refractivity contribution < 1.29 is 9.63 Å². The van der Waals surface area contributed by atoms with Crippen molar-refractivity contribution in [2.75, 3.05) is 0 Å². The maximum Gasteiger partial charge on any atom is 0.260 e. The summed E-state index contributed by atoms with van der Waals surface area (Å²) < 4.78 is 0. The summed E-state index contributed by atoms with van der Waals surface area (Å²) in [5.41, 5.74) is 8.97. The molecule has 4 nitrogen and oxygen atoms in total. The smallest absolute Gasteiger partial charge is 0.260 e. The van der Waals surface area contributed by atoms with Gasteiger partial charge in [0.15, 0.2) is 0 Å². The predicted octanol–water partition coefficient (Wildman–Crippen LogP) is 1.36. The number of nitrogens with two attached hydrogens (primary N) is 1. The Kier molecular flexibility index (Phi) is 5.53. The number of amides is 1. The van der Waals surface area contributed by atoms with Gasteiger partial charge in [-0.2, -0.15) is 0 Å². The number of hydrogen-bond donors (Lipinski definition) is 2. The normalized spacial score (nSPS) is 12.1. The summed E-state index contributed by atoms with van der Waals surface area (Å²) in [5, 5.41) is 0. The highest BCUT2D eigenvalue weighted by molar-refractivity contribution is 5.80. The van der Waals surface area contributed by atoms with E-state index < -0.39 is 6.04 Å². The van der Waals surface area contributed by atoms with Gasteiger partial charge in [0, 0.05) is 0 Å². The van der Waals surface area contributed by atoms with Gasteiger partial charge < -0.3 is 5.73 Å². The van der Waals surface area contributed by atoms with Crippen LogP contribution in [0.3, 0.4) is 0 Å². The Hall–Kier alpha value is -1.39. The van der Waals surface area contributed by atoms with Crippen molar-refractivity contribution in [1.29, 1.82) is 0 Å². The molecule has 1 amide bonds. The summed E-state index contributed by atoms with van der Waals surface area (Å²) in [4.78, 5) is 16.4. The lowest BCUT2D eigenvalue weighted by Gasteiger charge is -2.10. The second kappa shape index (κ2) is 6.98. The Morgan fingerprint density at radius 2 is 2.12 bits per heavy atom. The van der Waals surface area contributed by atoms with Gasteiger partial charge >= 0.3 is 0 Å². The molecule has 0 fully saturated rings. The SMILES string of the molecule is CCCC(N)C(=O)NOCc1ccccc1. The quantitative estimate of drug-likeness (QED) is 0.714. The first kappa shape index (κ1) is 12.7. The minimum Gasteiger partial charge on any atom is -0.320 e. The first-order valence-electron chi connectivity index (χ1n) is 5.45. The van der Waals surface area contributed by atoms with Gasteiger partial charge in [-0.3, -0.25) is 9.63 Å². The lowest BCUT2D eigenvalue weighted by Crippen LogP contribution is -2.40. The molecule has 0 radical (unpaired) electrons. The van der Waals surface area contributed by atoms with E-state index in [4.69, 9.17) is 10.6 Å². The van der Waals surface area contributed by atoms with Crippen LogP contribution < -0.4 is 11.2 Å². The minimum absolute atomic E-state index is 0.266. The zero-order valence-electron chi connectivity index (χ0n) is 9.48. The fourth-order valence-electron chi connectivity index (χ4n) is 1.28. The maximum absolute atomic E-state index is 11.4. The molecule has 0 saturated heterocycles. The number of benzene rings is 1. The summed E-state index contributed by atoms with van der Waals surface area (Å²) in [5.74, 6) is -0.266. The molecule has 1 unspecified atom stereocenters. The molecule has 1 aromatic rings. The zero-order valence-corrected chi connectivity index (χ0v) is 9.48. The van der Waals surface area contributed by atoms with Gasteiger partial charge in [0.05, 0.1) is 12.6 Å². The van der Waals surface area contributed by atoms with Crippen LogP contribution in [-0.2, 0) is 16.2 Å². The third-order valence-electron chi connectivity index (χ3n) is 2.19. The van der Waals surface area contributed by atoms with Crippen LogP contribution in [0, 0.1) is 0 Å². The van der Waals surface area contributed by atoms with Crippen LogP contribution in [0.4, 0.5) is 0 Å². The Labute approximate surface area is 95.7 Å². The molecule has 0 bridgehead atoms. The van der Waals surface area contributed by atoms with Gasteiger partial charge in [-0.05, 0) is 12.0 Å². The molecule has 0 aliphatic rings. The first-order chi connectivity index (χ1) is 7.74. The number of carbonyl (C=O) groups excluding carboxylic acids is 1. The molecule has 0 aliphatic carbocycles. The van der Waals surface area contributed by atoms with Crippen LogP contribution >= 0.6 is 0 Å². The lowest BCUT2D eigenvalue weighted by atomic mass is 10.2. The molecule has 88 valence electrons. The molecule has 0 aromatic heterocycles. The highest BCUT2D eigenvalue weighted by Crippen LogP contribution is 1.99. The van der Waals surface area contributed by atoms with Crippen molar-refractivity contribution in [2.45, 2.75) is 32.4 Å². The van der Waals surface area contributed by atoms with Crippen molar-refractivity contribution in [2.24, 2.45) is 5.73 Å². The molecular formula is C12H18N2O2. The van der Waals surface area contributed by atoms with Crippen molar-refractivity contribution in [3.8, 4) is 0 Å². The van der Waals surface area contributed by atoms with Crippen molar-refractivity contribution >= 4 is 5.91 Å². The average Bonchev–Trinajstić information content (AvgIpc) is 2.30. The van der Waals surface area contributed by atoms with Crippen LogP contribution in [0.5, 0.6) is 0 Å². The van der Waals surface area contributed by atoms with Gasteiger partial charge in [0.2, 0.25) is 0 Å². The van der Waals surface area contributed by atoms with E-state index >= 15 is 0 Å². The zero-order chi connectivity index (χ0) is 11.8. The fraction of sp³-hybridized carbons (Fsp3) is 0.417. The summed E-state index contributed by atoms with van der Waals surface area (Å²) in [7, 11) is 0. The fourth-order valence-corrected chi connectivity index (χ4v) is 1.28. The third-order valence-corrected chi connectivity index (χ3v) is 2.19. The minimum atomic E-state index is -0.485. The second-order valence-electron chi connectivity index (χ2n) is 3.64. The van der Waals surface area contributed by atoms with E-state index in [1.54, 1.807) is 0 Å². The Morgan fingerprint density at radius 3 is 2.75 bits per heavy atom. The summed E-state index contributed by atoms with van der Waals surface area (Å²) in [6, 6.07) is 9.14. The van der Waals surface area contributed by atoms with Gasteiger partial charge in [0.1, 0.15) is 0 Å². The number of rotatable bonds is 6. The van der Waals surface area contributed by atoms with Gasteiger partial charge in [0.25, 0.3) is 5.91 Å². The highest BCUT2D eigenvalue weighted by atomic mass is 16.6. The van der Waals surface area contributed by atoms with Crippen LogP contribution in [0.1, 0.15) is 25.3 Å². The monoisotopic (exact) mass is 222 g/mol. The Morgan fingerprint density at radius 1 is 1.44 bits per heavy atom. The van der Waals surface area contributed by atoms with E-state index in [0.29, 0.717) is 13.0 Å². The van der Waals surface area contributed by atoms with E-state index in [0.717, 1.165) is 12.0 Å². The van der Waals surface area contributed by atoms with Crippen molar-refractivity contribution in [1.82, 2.24) is 5.48 Å². The van der Waals surface area contributed by atoms with E-state index in [2.05, 4.69) is 5.48 Å². The number of hydrogen-bond acceptors (Lipinski definition) is 3. The highest BCUT2D eigenvalue weighted by Gasteiger charge is 2.11. The van der Waals surface area contributed by atoms with Crippen LogP contribution in [0.2, 0.25) is 0 Å². The Bertz CT molecular complexity index is 314. The lowest BCUT2D eigenvalue weighted by molar-refractivity contribution is -0.136. The van der Waals surface area contributed by atoms with E-state index in [1.165, 1.54) is 0 Å². The van der Waals surface area contributed by atoms with Crippen LogP contribution in [-0.4, -0.2) is 11.9 Å². The molecular weight excluding hydrogens is 204 g/mol. The Balaban J connectivity index is 2.23. The van der Waals surface area contributed by atoms with Gasteiger partial charge in [-0.25, -0.2) is 5.48 Å². The number of carbonyl (C=O) groups is 1. The molecule has 1 aromatic carbocycles. The van der Waals surface area contributed by atoms with Gasteiger partial charge in [-0.15, -0.1) is 0 Å². The largest absolute Gasteiger partial charge is 0.320 e. The molecule has 16 heavy (non-hydrogen) atoms. The molecule has 4 heteroatoms. The summed E-state index contributed by atoms with van der Waals surface area (Å²) in [6.07, 6.45) is 1.55. The molecule has 3 N–H and O–H groups in total. The van der Waals surface area contributed by atoms with E-state index in [9.17, 15) is 4.79 Å². The molecule has 1 atom stereocenters. The molecule has 0 aliphatic heterocycles. The number of nitrogens with one attached hydrogen (secondary N) is 1. The van der Waals surface area contributed by atoms with E-state index in [1.807, 2.05) is 37.3 Å². The third kappa shape index (κ3) is 4.42. The number of hydroxylamine groups is 1. The summed E-state index contributed by atoms with van der Waals surface area (Å²) >= 11 is 0. The predicted molar refractivity (Wildman–Crippen MR) is 62.3 cm³/mol. The summed E-state index contributed by atoms with van der Waals surface area (Å²) in [6.45, 7) is 2.34. The van der Waals surface area contributed by atoms with E-state index in [-0.39, 0.29) is 5.91 Å². The molecule has 1 rings (SSSR count). The topological polar surface area (TPSA) is 64.4 Å². The standard InChI is InChI=1S/C12H18N2O2/c1-2-6-11(13)12(15)14-16-9-10-7-4-3-5-8-10/h3-5,7-8,11H,2,6,9,13H2,1H3,(H,14,15). The molecule has 0 spiro atoms. The second-order valence-corrected chi connectivity index (χ2v) is 3.64. The average molecular weight is 222 g/mol.